The minimum Gasteiger partial charge on any atom is -0.336 e. The first-order valence-corrected chi connectivity index (χ1v) is 6.64. The maximum atomic E-state index is 12.6. The van der Waals surface area contributed by atoms with Gasteiger partial charge in [0.1, 0.15) is 12.4 Å². The van der Waals surface area contributed by atoms with E-state index in [2.05, 4.69) is 15.7 Å². The average Bonchev–Trinajstić information content (AvgIpc) is 2.96. The fourth-order valence-corrected chi connectivity index (χ4v) is 1.80. The van der Waals surface area contributed by atoms with Crippen molar-refractivity contribution >= 4 is 17.4 Å². The van der Waals surface area contributed by atoms with Gasteiger partial charge in [-0.2, -0.15) is 18.3 Å². The maximum absolute atomic E-state index is 12.6. The Labute approximate surface area is 133 Å². The number of amides is 2. The molecule has 24 heavy (non-hydrogen) atoms. The van der Waals surface area contributed by atoms with E-state index >= 15 is 0 Å². The standard InChI is InChI=1S/C13H12F3N5O3/c14-13(15,16)9-2-1-3-10(6-9)19-12(22)17-4-5-20-8-11(7-18-20)21(23)24/h1-3,6-8H,4-5H2,(H2,17,19,22). The quantitative estimate of drug-likeness (QED) is 0.643. The molecule has 0 saturated heterocycles. The Kier molecular flexibility index (Phi) is 5.02. The van der Waals surface area contributed by atoms with Crippen LogP contribution in [0.25, 0.3) is 0 Å². The van der Waals surface area contributed by atoms with Crippen LogP contribution in [0.1, 0.15) is 5.56 Å². The Bertz CT molecular complexity index is 744. The molecule has 0 aliphatic rings. The number of urea groups is 1. The summed E-state index contributed by atoms with van der Waals surface area (Å²) in [6.07, 6.45) is -2.22. The predicted octanol–water partition coefficient (Wildman–Crippen LogP) is 2.63. The lowest BCUT2D eigenvalue weighted by Crippen LogP contribution is -2.31. The van der Waals surface area contributed by atoms with Crippen LogP contribution in [0.2, 0.25) is 0 Å². The van der Waals surface area contributed by atoms with Crippen molar-refractivity contribution in [1.82, 2.24) is 15.1 Å². The molecule has 0 fully saturated rings. The summed E-state index contributed by atoms with van der Waals surface area (Å²) in [6.45, 7) is 0.257. The number of hydrogen-bond donors (Lipinski definition) is 2. The van der Waals surface area contributed by atoms with Crippen LogP contribution >= 0.6 is 0 Å². The summed E-state index contributed by atoms with van der Waals surface area (Å²) in [5.41, 5.74) is -1.05. The first-order valence-electron chi connectivity index (χ1n) is 6.64. The minimum atomic E-state index is -4.50. The van der Waals surface area contributed by atoms with Crippen LogP contribution in [-0.4, -0.2) is 27.3 Å². The zero-order valence-corrected chi connectivity index (χ0v) is 12.1. The second-order valence-corrected chi connectivity index (χ2v) is 4.68. The lowest BCUT2D eigenvalue weighted by atomic mass is 10.2. The highest BCUT2D eigenvalue weighted by Crippen LogP contribution is 2.30. The average molecular weight is 343 g/mol. The maximum Gasteiger partial charge on any atom is 0.416 e. The molecule has 1 heterocycles. The van der Waals surface area contributed by atoms with E-state index in [9.17, 15) is 28.1 Å². The van der Waals surface area contributed by atoms with Gasteiger partial charge in [0.05, 0.1) is 17.0 Å². The Morgan fingerprint density at radius 2 is 2.12 bits per heavy atom. The molecule has 2 N–H and O–H groups in total. The molecule has 2 amide bonds. The molecule has 0 spiro atoms. The molecular weight excluding hydrogens is 331 g/mol. The van der Waals surface area contributed by atoms with E-state index in [-0.39, 0.29) is 24.5 Å². The zero-order valence-electron chi connectivity index (χ0n) is 12.1. The summed E-state index contributed by atoms with van der Waals surface area (Å²) in [6, 6.07) is 3.52. The van der Waals surface area contributed by atoms with Crippen molar-refractivity contribution < 1.29 is 22.9 Å². The number of alkyl halides is 3. The number of carbonyl (C=O) groups excluding carboxylic acids is 1. The number of rotatable bonds is 5. The molecule has 0 unspecified atom stereocenters. The molecule has 0 radical (unpaired) electrons. The highest BCUT2D eigenvalue weighted by molar-refractivity contribution is 5.89. The van der Waals surface area contributed by atoms with Crippen LogP contribution in [0.3, 0.4) is 0 Å². The molecule has 2 rings (SSSR count). The first kappa shape index (κ1) is 17.2. The number of nitrogens with zero attached hydrogens (tertiary/aromatic N) is 3. The summed E-state index contributed by atoms with van der Waals surface area (Å²) in [5.74, 6) is 0. The number of halogens is 3. The van der Waals surface area contributed by atoms with E-state index in [0.29, 0.717) is 0 Å². The van der Waals surface area contributed by atoms with Gasteiger partial charge in [0.15, 0.2) is 0 Å². The smallest absolute Gasteiger partial charge is 0.336 e. The number of benzene rings is 1. The van der Waals surface area contributed by atoms with Crippen LogP contribution in [0, 0.1) is 10.1 Å². The third-order valence-corrected chi connectivity index (χ3v) is 2.90. The molecule has 0 atom stereocenters. The van der Waals surface area contributed by atoms with Gasteiger partial charge in [-0.25, -0.2) is 4.79 Å². The zero-order chi connectivity index (χ0) is 17.7. The minimum absolute atomic E-state index is 0.00273. The number of anilines is 1. The van der Waals surface area contributed by atoms with Gasteiger partial charge in [-0.1, -0.05) is 6.07 Å². The molecule has 8 nitrogen and oxygen atoms in total. The highest BCUT2D eigenvalue weighted by Gasteiger charge is 2.30. The van der Waals surface area contributed by atoms with E-state index in [4.69, 9.17) is 0 Å². The highest BCUT2D eigenvalue weighted by atomic mass is 19.4. The van der Waals surface area contributed by atoms with Gasteiger partial charge < -0.3 is 10.6 Å². The van der Waals surface area contributed by atoms with Crippen molar-refractivity contribution in [3.05, 3.63) is 52.3 Å². The Hall–Kier alpha value is -3.11. The summed E-state index contributed by atoms with van der Waals surface area (Å²) in [4.78, 5) is 21.5. The lowest BCUT2D eigenvalue weighted by Gasteiger charge is -2.10. The van der Waals surface area contributed by atoms with Gasteiger partial charge in [0, 0.05) is 12.2 Å². The number of hydrogen-bond acceptors (Lipinski definition) is 4. The molecule has 0 aliphatic carbocycles. The molecule has 1 aromatic heterocycles. The molecule has 1 aromatic carbocycles. The topological polar surface area (TPSA) is 102 Å². The Balaban J connectivity index is 1.84. The van der Waals surface area contributed by atoms with Crippen LogP contribution in [0.5, 0.6) is 0 Å². The van der Waals surface area contributed by atoms with Crippen molar-refractivity contribution in [2.45, 2.75) is 12.7 Å². The van der Waals surface area contributed by atoms with Gasteiger partial charge in [-0.3, -0.25) is 14.8 Å². The fourth-order valence-electron chi connectivity index (χ4n) is 1.80. The third kappa shape index (κ3) is 4.69. The van der Waals surface area contributed by atoms with E-state index in [1.54, 1.807) is 0 Å². The molecule has 0 saturated carbocycles. The fraction of sp³-hybridized carbons (Fsp3) is 0.231. The molecule has 0 aliphatic heterocycles. The normalized spacial score (nSPS) is 11.1. The van der Waals surface area contributed by atoms with Gasteiger partial charge in [0.25, 0.3) is 0 Å². The summed E-state index contributed by atoms with van der Waals surface area (Å²) >= 11 is 0. The first-order chi connectivity index (χ1) is 11.3. The molecule has 0 bridgehead atoms. The monoisotopic (exact) mass is 343 g/mol. The Morgan fingerprint density at radius 1 is 1.38 bits per heavy atom. The van der Waals surface area contributed by atoms with Crippen LogP contribution in [0.4, 0.5) is 29.3 Å². The lowest BCUT2D eigenvalue weighted by molar-refractivity contribution is -0.385. The molecular formula is C13H12F3N5O3. The van der Waals surface area contributed by atoms with Crippen molar-refractivity contribution in [3.8, 4) is 0 Å². The number of nitro groups is 1. The summed E-state index contributed by atoms with van der Waals surface area (Å²) in [7, 11) is 0. The predicted molar refractivity (Wildman–Crippen MR) is 77.3 cm³/mol. The summed E-state index contributed by atoms with van der Waals surface area (Å²) in [5, 5.41) is 18.9. The van der Waals surface area contributed by atoms with Crippen molar-refractivity contribution in [3.63, 3.8) is 0 Å². The van der Waals surface area contributed by atoms with Gasteiger partial charge in [0.2, 0.25) is 0 Å². The third-order valence-electron chi connectivity index (χ3n) is 2.90. The van der Waals surface area contributed by atoms with Gasteiger partial charge >= 0.3 is 17.9 Å². The number of aromatic nitrogens is 2. The van der Waals surface area contributed by atoms with Gasteiger partial charge in [-0.05, 0) is 18.2 Å². The van der Waals surface area contributed by atoms with E-state index in [1.165, 1.54) is 23.0 Å². The van der Waals surface area contributed by atoms with Gasteiger partial charge in [-0.15, -0.1) is 0 Å². The Morgan fingerprint density at radius 3 is 2.75 bits per heavy atom. The molecule has 11 heteroatoms. The van der Waals surface area contributed by atoms with E-state index < -0.39 is 22.7 Å². The molecule has 2 aromatic rings. The van der Waals surface area contributed by atoms with Crippen molar-refractivity contribution in [2.75, 3.05) is 11.9 Å². The largest absolute Gasteiger partial charge is 0.416 e. The van der Waals surface area contributed by atoms with Crippen LogP contribution in [0.15, 0.2) is 36.7 Å². The SMILES string of the molecule is O=C(NCCn1cc([N+](=O)[O-])cn1)Nc1cccc(C(F)(F)F)c1. The van der Waals surface area contributed by atoms with Crippen LogP contribution < -0.4 is 10.6 Å². The van der Waals surface area contributed by atoms with Crippen molar-refractivity contribution in [2.24, 2.45) is 0 Å². The molecule has 128 valence electrons. The van der Waals surface area contributed by atoms with E-state index in [1.807, 2.05) is 0 Å². The second-order valence-electron chi connectivity index (χ2n) is 4.68. The number of nitrogens with one attached hydrogen (secondary N) is 2. The summed E-state index contributed by atoms with van der Waals surface area (Å²) < 4.78 is 39.0. The van der Waals surface area contributed by atoms with E-state index in [0.717, 1.165) is 18.3 Å². The number of carbonyl (C=O) groups is 1. The second kappa shape index (κ2) is 6.98. The van der Waals surface area contributed by atoms with Crippen molar-refractivity contribution in [1.29, 1.82) is 0 Å². The van der Waals surface area contributed by atoms with Crippen LogP contribution in [-0.2, 0) is 12.7 Å².